The molecule has 1 aliphatic carbocycles. The number of furan rings is 1. The Hall–Kier alpha value is -4.13. The molecular weight excluding hydrogens is 442 g/mol. The number of Topliss-reactive ketones (excluding diaryl/α,β-unsaturated/α-hetero) is 1. The molecule has 0 bridgehead atoms. The van der Waals surface area contributed by atoms with Crippen molar-refractivity contribution in [3.8, 4) is 5.75 Å². The number of nitrogens with one attached hydrogen (secondary N) is 2. The molecule has 2 N–H and O–H groups in total. The van der Waals surface area contributed by atoms with Crippen LogP contribution in [0.4, 0.5) is 5.82 Å². The molecule has 1 aromatic carbocycles. The number of nitrogens with zero attached hydrogens (tertiary/aromatic N) is 1. The zero-order valence-corrected chi connectivity index (χ0v) is 19.9. The normalized spacial score (nSPS) is 19.8. The summed E-state index contributed by atoms with van der Waals surface area (Å²) in [5.74, 6) is 1.04. The molecule has 0 unspecified atom stereocenters. The minimum absolute atomic E-state index is 0.000712. The summed E-state index contributed by atoms with van der Waals surface area (Å²) in [6.07, 6.45) is 4.28. The molecule has 0 spiro atoms. The van der Waals surface area contributed by atoms with Gasteiger partial charge in [0.05, 0.1) is 13.4 Å². The smallest absolute Gasteiger partial charge is 0.255 e. The second kappa shape index (κ2) is 9.25. The lowest BCUT2D eigenvalue weighted by molar-refractivity contribution is -0.116. The summed E-state index contributed by atoms with van der Waals surface area (Å²) in [4.78, 5) is 31.5. The fourth-order valence-electron chi connectivity index (χ4n) is 4.94. The lowest BCUT2D eigenvalue weighted by Gasteiger charge is -2.36. The van der Waals surface area contributed by atoms with Gasteiger partial charge in [0.25, 0.3) is 5.91 Å². The van der Waals surface area contributed by atoms with Crippen molar-refractivity contribution < 1.29 is 18.7 Å². The predicted molar refractivity (Wildman–Crippen MR) is 132 cm³/mol. The van der Waals surface area contributed by atoms with E-state index in [9.17, 15) is 9.59 Å². The minimum Gasteiger partial charge on any atom is -0.497 e. The van der Waals surface area contributed by atoms with Crippen LogP contribution in [0.1, 0.15) is 48.5 Å². The van der Waals surface area contributed by atoms with Crippen molar-refractivity contribution >= 4 is 17.5 Å². The van der Waals surface area contributed by atoms with Gasteiger partial charge in [0.15, 0.2) is 5.78 Å². The van der Waals surface area contributed by atoms with E-state index in [0.29, 0.717) is 41.3 Å². The van der Waals surface area contributed by atoms with Crippen LogP contribution in [0.5, 0.6) is 5.75 Å². The average Bonchev–Trinajstić information content (AvgIpc) is 3.39. The highest BCUT2D eigenvalue weighted by Gasteiger charge is 2.41. The van der Waals surface area contributed by atoms with E-state index in [1.807, 2.05) is 56.3 Å². The molecule has 2 atom stereocenters. The Morgan fingerprint density at radius 2 is 2.00 bits per heavy atom. The Balaban J connectivity index is 1.57. The van der Waals surface area contributed by atoms with Gasteiger partial charge in [-0.05, 0) is 61.7 Å². The topological polar surface area (TPSA) is 93.5 Å². The number of dihydropyridines is 1. The summed E-state index contributed by atoms with van der Waals surface area (Å²) in [5, 5.41) is 6.29. The monoisotopic (exact) mass is 469 g/mol. The summed E-state index contributed by atoms with van der Waals surface area (Å²) < 4.78 is 11.0. The maximum atomic E-state index is 13.6. The number of aromatic nitrogens is 1. The van der Waals surface area contributed by atoms with Crippen molar-refractivity contribution in [2.45, 2.75) is 38.5 Å². The predicted octanol–water partition coefficient (Wildman–Crippen LogP) is 4.99. The number of carbonyl (C=O) groups excluding carboxylic acids is 2. The van der Waals surface area contributed by atoms with Crippen LogP contribution in [0.2, 0.25) is 0 Å². The van der Waals surface area contributed by atoms with Crippen molar-refractivity contribution in [2.24, 2.45) is 0 Å². The number of aryl methyl sites for hydroxylation is 1. The molecule has 2 aliphatic rings. The van der Waals surface area contributed by atoms with Gasteiger partial charge in [-0.15, -0.1) is 0 Å². The highest BCUT2D eigenvalue weighted by Crippen LogP contribution is 2.46. The van der Waals surface area contributed by atoms with Crippen LogP contribution in [0.3, 0.4) is 0 Å². The number of hydrogen-bond acceptors (Lipinski definition) is 6. The molecule has 2 aromatic heterocycles. The number of pyridine rings is 1. The first-order valence-electron chi connectivity index (χ1n) is 11.6. The largest absolute Gasteiger partial charge is 0.497 e. The number of allylic oxidation sites excluding steroid dienone is 3. The van der Waals surface area contributed by atoms with Gasteiger partial charge in [0.1, 0.15) is 17.3 Å². The van der Waals surface area contributed by atoms with E-state index in [1.54, 1.807) is 25.6 Å². The molecule has 7 nitrogen and oxygen atoms in total. The molecule has 0 saturated carbocycles. The second-order valence-electron chi connectivity index (χ2n) is 8.98. The number of methoxy groups -OCH3 is 1. The Kier molecular flexibility index (Phi) is 5.99. The van der Waals surface area contributed by atoms with Crippen LogP contribution in [0, 0.1) is 6.92 Å². The van der Waals surface area contributed by atoms with Crippen molar-refractivity contribution in [1.29, 1.82) is 0 Å². The van der Waals surface area contributed by atoms with Crippen molar-refractivity contribution in [1.82, 2.24) is 10.3 Å². The Morgan fingerprint density at radius 1 is 1.14 bits per heavy atom. The third-order valence-corrected chi connectivity index (χ3v) is 6.60. The van der Waals surface area contributed by atoms with Gasteiger partial charge in [-0.3, -0.25) is 9.59 Å². The van der Waals surface area contributed by atoms with Gasteiger partial charge >= 0.3 is 0 Å². The SMILES string of the molecule is COc1cccc([C@H]2C(C(=O)Nc3ccc(C)cn3)=C(C)NC3=C2C(=O)C[C@@H](c2ccco2)C3)c1. The summed E-state index contributed by atoms with van der Waals surface area (Å²) in [6.45, 7) is 3.81. The number of rotatable bonds is 5. The van der Waals surface area contributed by atoms with E-state index in [0.717, 1.165) is 22.6 Å². The second-order valence-corrected chi connectivity index (χ2v) is 8.98. The maximum Gasteiger partial charge on any atom is 0.255 e. The van der Waals surface area contributed by atoms with Gasteiger partial charge in [-0.2, -0.15) is 0 Å². The molecule has 0 saturated heterocycles. The molecule has 7 heteroatoms. The van der Waals surface area contributed by atoms with Crippen LogP contribution in [-0.4, -0.2) is 23.8 Å². The highest BCUT2D eigenvalue weighted by atomic mass is 16.5. The number of amides is 1. The molecule has 1 amide bonds. The van der Waals surface area contributed by atoms with E-state index in [-0.39, 0.29) is 17.6 Å². The van der Waals surface area contributed by atoms with E-state index >= 15 is 0 Å². The first-order chi connectivity index (χ1) is 16.9. The fraction of sp³-hybridized carbons (Fsp3) is 0.250. The van der Waals surface area contributed by atoms with Crippen LogP contribution in [0.25, 0.3) is 0 Å². The quantitative estimate of drug-likeness (QED) is 0.547. The number of anilines is 1. The van der Waals surface area contributed by atoms with Crippen LogP contribution < -0.4 is 15.4 Å². The highest BCUT2D eigenvalue weighted by molar-refractivity contribution is 6.09. The third-order valence-electron chi connectivity index (χ3n) is 6.60. The molecule has 3 aromatic rings. The molecule has 178 valence electrons. The maximum absolute atomic E-state index is 13.6. The lowest BCUT2D eigenvalue weighted by Crippen LogP contribution is -2.37. The van der Waals surface area contributed by atoms with Gasteiger partial charge in [-0.1, -0.05) is 18.2 Å². The first-order valence-corrected chi connectivity index (χ1v) is 11.6. The van der Waals surface area contributed by atoms with Gasteiger partial charge in [-0.25, -0.2) is 4.98 Å². The molecule has 5 rings (SSSR count). The number of benzene rings is 1. The fourth-order valence-corrected chi connectivity index (χ4v) is 4.94. The molecule has 0 radical (unpaired) electrons. The van der Waals surface area contributed by atoms with Crippen LogP contribution in [0.15, 0.2) is 87.9 Å². The molecule has 0 fully saturated rings. The first kappa shape index (κ1) is 22.7. The molecule has 3 heterocycles. The van der Waals surface area contributed by atoms with Gasteiger partial charge < -0.3 is 19.8 Å². The Labute approximate surface area is 203 Å². The minimum atomic E-state index is -0.531. The van der Waals surface area contributed by atoms with Crippen molar-refractivity contribution in [3.63, 3.8) is 0 Å². The van der Waals surface area contributed by atoms with E-state index in [2.05, 4.69) is 15.6 Å². The van der Waals surface area contributed by atoms with Gasteiger partial charge in [0, 0.05) is 47.0 Å². The molecular formula is C28H27N3O4. The molecule has 1 aliphatic heterocycles. The van der Waals surface area contributed by atoms with Crippen LogP contribution >= 0.6 is 0 Å². The Bertz CT molecular complexity index is 1340. The summed E-state index contributed by atoms with van der Waals surface area (Å²) in [6, 6.07) is 14.9. The van der Waals surface area contributed by atoms with Crippen molar-refractivity contribution in [2.75, 3.05) is 12.4 Å². The molecule has 35 heavy (non-hydrogen) atoms. The zero-order chi connectivity index (χ0) is 24.5. The number of ether oxygens (including phenoxy) is 1. The average molecular weight is 470 g/mol. The van der Waals surface area contributed by atoms with E-state index in [4.69, 9.17) is 9.15 Å². The van der Waals surface area contributed by atoms with E-state index in [1.165, 1.54) is 0 Å². The van der Waals surface area contributed by atoms with Crippen molar-refractivity contribution in [3.05, 3.63) is 100 Å². The summed E-state index contributed by atoms with van der Waals surface area (Å²) >= 11 is 0. The standard InChI is InChI=1S/C28H27N3O4/c1-16-9-10-24(29-15-16)31-28(33)25-17(2)30-21-13-19(23-8-5-11-35-23)14-22(32)27(21)26(25)18-6-4-7-20(12-18)34-3/h4-12,15,19,26,30H,13-14H2,1-3H3,(H,29,31,33)/t19-,26-/m0/s1. The van der Waals surface area contributed by atoms with Gasteiger partial charge in [0.2, 0.25) is 0 Å². The lowest BCUT2D eigenvalue weighted by atomic mass is 9.72. The van der Waals surface area contributed by atoms with E-state index < -0.39 is 5.92 Å². The third kappa shape index (κ3) is 4.37. The summed E-state index contributed by atoms with van der Waals surface area (Å²) in [5.41, 5.74) is 4.47. The number of hydrogen-bond donors (Lipinski definition) is 2. The number of ketones is 1. The zero-order valence-electron chi connectivity index (χ0n) is 19.9. The van der Waals surface area contributed by atoms with Crippen LogP contribution in [-0.2, 0) is 9.59 Å². The number of carbonyl (C=O) groups is 2. The Morgan fingerprint density at radius 3 is 2.71 bits per heavy atom. The summed E-state index contributed by atoms with van der Waals surface area (Å²) in [7, 11) is 1.60.